The van der Waals surface area contributed by atoms with Crippen LogP contribution in [-0.2, 0) is 16.8 Å². The fourth-order valence-electron chi connectivity index (χ4n) is 4.30. The third-order valence-corrected chi connectivity index (χ3v) is 7.39. The minimum absolute atomic E-state index is 0.0117. The number of likely N-dealkylation sites (tertiary alicyclic amines) is 1. The van der Waals surface area contributed by atoms with Crippen LogP contribution in [0.1, 0.15) is 59.6 Å². The lowest BCUT2D eigenvalue weighted by atomic mass is 9.85. The molecule has 1 spiro atoms. The lowest BCUT2D eigenvalue weighted by Gasteiger charge is -2.43. The summed E-state index contributed by atoms with van der Waals surface area (Å²) in [6, 6.07) is 2.15. The van der Waals surface area contributed by atoms with Crippen molar-refractivity contribution >= 4 is 17.2 Å². The first kappa shape index (κ1) is 19.3. The van der Waals surface area contributed by atoms with Crippen LogP contribution in [0.4, 0.5) is 8.78 Å². The Morgan fingerprint density at radius 3 is 2.74 bits per heavy atom. The van der Waals surface area contributed by atoms with Crippen LogP contribution in [0.25, 0.3) is 0 Å². The van der Waals surface area contributed by atoms with Gasteiger partial charge in [-0.05, 0) is 57.7 Å². The standard InChI is InChI=1S/C20H28F2N2O2S/c1-13(2)23-18(25)16-11-14-4-10-26-19(17(14)27-16)5-8-24(9-6-19)7-3-15-12-20(15,21)22/h11,13,15H,3-10,12H2,1-2H3,(H,23,25). The van der Waals surface area contributed by atoms with E-state index >= 15 is 0 Å². The second kappa shape index (κ2) is 7.08. The summed E-state index contributed by atoms with van der Waals surface area (Å²) in [4.78, 5) is 16.6. The van der Waals surface area contributed by atoms with E-state index in [2.05, 4.69) is 10.2 Å². The summed E-state index contributed by atoms with van der Waals surface area (Å²) in [7, 11) is 0. The SMILES string of the molecule is CC(C)NC(=O)c1cc2c(s1)C1(CCN(CCC3CC3(F)F)CC1)OCC2. The van der Waals surface area contributed by atoms with E-state index in [9.17, 15) is 13.6 Å². The summed E-state index contributed by atoms with van der Waals surface area (Å²) in [6.45, 7) is 7.08. The maximum atomic E-state index is 13.1. The van der Waals surface area contributed by atoms with Crippen molar-refractivity contribution in [1.82, 2.24) is 10.2 Å². The molecule has 0 radical (unpaired) electrons. The number of rotatable bonds is 5. The average molecular weight is 399 g/mol. The topological polar surface area (TPSA) is 41.6 Å². The van der Waals surface area contributed by atoms with Crippen LogP contribution >= 0.6 is 11.3 Å². The normalized spacial score (nSPS) is 26.2. The van der Waals surface area contributed by atoms with E-state index in [1.807, 2.05) is 19.9 Å². The molecule has 1 saturated carbocycles. The van der Waals surface area contributed by atoms with E-state index < -0.39 is 11.8 Å². The fraction of sp³-hybridized carbons (Fsp3) is 0.750. The van der Waals surface area contributed by atoms with Gasteiger partial charge in [0.2, 0.25) is 0 Å². The van der Waals surface area contributed by atoms with Crippen molar-refractivity contribution in [2.45, 2.75) is 63.5 Å². The van der Waals surface area contributed by atoms with E-state index in [0.717, 1.165) is 43.8 Å². The molecule has 1 N–H and O–H groups in total. The van der Waals surface area contributed by atoms with Crippen LogP contribution in [0.2, 0.25) is 0 Å². The number of hydrogen-bond donors (Lipinski definition) is 1. The summed E-state index contributed by atoms with van der Waals surface area (Å²) < 4.78 is 32.4. The summed E-state index contributed by atoms with van der Waals surface area (Å²) in [6.07, 6.45) is 3.24. The second-order valence-electron chi connectivity index (χ2n) is 8.48. The van der Waals surface area contributed by atoms with Gasteiger partial charge in [-0.25, -0.2) is 8.78 Å². The number of alkyl halides is 2. The first-order chi connectivity index (χ1) is 12.8. The highest BCUT2D eigenvalue weighted by atomic mass is 32.1. The van der Waals surface area contributed by atoms with Crippen molar-refractivity contribution < 1.29 is 18.3 Å². The van der Waals surface area contributed by atoms with Gasteiger partial charge in [-0.15, -0.1) is 11.3 Å². The van der Waals surface area contributed by atoms with Gasteiger partial charge >= 0.3 is 0 Å². The van der Waals surface area contributed by atoms with Crippen molar-refractivity contribution in [3.63, 3.8) is 0 Å². The first-order valence-corrected chi connectivity index (χ1v) is 10.8. The number of piperidine rings is 1. The minimum atomic E-state index is -2.41. The Labute approximate surface area is 163 Å². The quantitative estimate of drug-likeness (QED) is 0.820. The van der Waals surface area contributed by atoms with Crippen molar-refractivity contribution in [3.8, 4) is 0 Å². The number of fused-ring (bicyclic) bond motifs is 2. The molecular formula is C20H28F2N2O2S. The molecule has 4 rings (SSSR count). The summed E-state index contributed by atoms with van der Waals surface area (Å²) >= 11 is 1.57. The number of hydrogen-bond acceptors (Lipinski definition) is 4. The minimum Gasteiger partial charge on any atom is -0.369 e. The molecule has 0 bridgehead atoms. The Morgan fingerprint density at radius 2 is 2.11 bits per heavy atom. The predicted octanol–water partition coefficient (Wildman–Crippen LogP) is 3.80. The molecule has 0 aromatic carbocycles. The molecule has 3 aliphatic rings. The largest absolute Gasteiger partial charge is 0.369 e. The lowest BCUT2D eigenvalue weighted by Crippen LogP contribution is -2.46. The molecule has 27 heavy (non-hydrogen) atoms. The van der Waals surface area contributed by atoms with Gasteiger partial charge in [0.05, 0.1) is 11.5 Å². The van der Waals surface area contributed by atoms with E-state index in [1.165, 1.54) is 10.4 Å². The molecule has 2 fully saturated rings. The van der Waals surface area contributed by atoms with Gasteiger partial charge < -0.3 is 15.0 Å². The van der Waals surface area contributed by atoms with Crippen molar-refractivity contribution in [2.75, 3.05) is 26.2 Å². The molecule has 1 unspecified atom stereocenters. The lowest BCUT2D eigenvalue weighted by molar-refractivity contribution is -0.0953. The van der Waals surface area contributed by atoms with E-state index in [-0.39, 0.29) is 24.0 Å². The van der Waals surface area contributed by atoms with Gasteiger partial charge in [0.15, 0.2) is 0 Å². The molecular weight excluding hydrogens is 370 g/mol. The maximum absolute atomic E-state index is 13.1. The molecule has 2 aliphatic heterocycles. The highest BCUT2D eigenvalue weighted by Crippen LogP contribution is 2.51. The molecule has 1 saturated heterocycles. The number of ether oxygens (including phenoxy) is 1. The van der Waals surface area contributed by atoms with Gasteiger partial charge in [-0.1, -0.05) is 0 Å². The Bertz CT molecular complexity index is 711. The number of amides is 1. The molecule has 1 aromatic rings. The van der Waals surface area contributed by atoms with Crippen molar-refractivity contribution in [3.05, 3.63) is 21.4 Å². The zero-order valence-corrected chi connectivity index (χ0v) is 16.8. The number of halogens is 2. The van der Waals surface area contributed by atoms with Crippen molar-refractivity contribution in [1.29, 1.82) is 0 Å². The van der Waals surface area contributed by atoms with E-state index in [4.69, 9.17) is 4.74 Å². The monoisotopic (exact) mass is 398 g/mol. The second-order valence-corrected chi connectivity index (χ2v) is 9.53. The third-order valence-electron chi connectivity index (χ3n) is 6.03. The molecule has 1 amide bonds. The van der Waals surface area contributed by atoms with Crippen molar-refractivity contribution in [2.24, 2.45) is 5.92 Å². The predicted molar refractivity (Wildman–Crippen MR) is 102 cm³/mol. The van der Waals surface area contributed by atoms with Gasteiger partial charge in [-0.2, -0.15) is 0 Å². The highest BCUT2D eigenvalue weighted by molar-refractivity contribution is 7.14. The number of thiophene rings is 1. The van der Waals surface area contributed by atoms with Crippen LogP contribution in [0.3, 0.4) is 0 Å². The number of carbonyl (C=O) groups excluding carboxylic acids is 1. The summed E-state index contributed by atoms with van der Waals surface area (Å²) in [5.41, 5.74) is 0.945. The van der Waals surface area contributed by atoms with Gasteiger partial charge in [-0.3, -0.25) is 4.79 Å². The highest BCUT2D eigenvalue weighted by Gasteiger charge is 2.56. The van der Waals surface area contributed by atoms with Gasteiger partial charge in [0.25, 0.3) is 11.8 Å². The number of nitrogens with one attached hydrogen (secondary N) is 1. The van der Waals surface area contributed by atoms with E-state index in [1.54, 1.807) is 11.3 Å². The Kier molecular flexibility index (Phi) is 5.06. The Balaban J connectivity index is 1.40. The molecule has 1 aromatic heterocycles. The molecule has 1 aliphatic carbocycles. The van der Waals surface area contributed by atoms with Crippen LogP contribution in [0.5, 0.6) is 0 Å². The van der Waals surface area contributed by atoms with Crippen LogP contribution in [0, 0.1) is 5.92 Å². The van der Waals surface area contributed by atoms with Crippen LogP contribution in [-0.4, -0.2) is 49.0 Å². The molecule has 150 valence electrons. The maximum Gasteiger partial charge on any atom is 0.261 e. The molecule has 3 heterocycles. The first-order valence-electron chi connectivity index (χ1n) is 9.97. The zero-order valence-electron chi connectivity index (χ0n) is 16.0. The van der Waals surface area contributed by atoms with Gasteiger partial charge in [0.1, 0.15) is 5.60 Å². The van der Waals surface area contributed by atoms with Gasteiger partial charge in [0, 0.05) is 36.3 Å². The Morgan fingerprint density at radius 1 is 1.41 bits per heavy atom. The smallest absolute Gasteiger partial charge is 0.261 e. The zero-order chi connectivity index (χ0) is 19.2. The third kappa shape index (κ3) is 3.91. The number of nitrogens with zero attached hydrogens (tertiary/aromatic N) is 1. The molecule has 7 heteroatoms. The average Bonchev–Trinajstić information content (AvgIpc) is 3.02. The Hall–Kier alpha value is -1.05. The molecule has 1 atom stereocenters. The summed E-state index contributed by atoms with van der Waals surface area (Å²) in [5.74, 6) is -2.84. The number of carbonyl (C=O) groups is 1. The van der Waals surface area contributed by atoms with Crippen LogP contribution < -0.4 is 5.32 Å². The molecule has 4 nitrogen and oxygen atoms in total. The fourth-order valence-corrected chi connectivity index (χ4v) is 5.61. The van der Waals surface area contributed by atoms with E-state index in [0.29, 0.717) is 13.0 Å². The van der Waals surface area contributed by atoms with Crippen LogP contribution in [0.15, 0.2) is 6.07 Å². The summed E-state index contributed by atoms with van der Waals surface area (Å²) in [5, 5.41) is 2.97.